The number of halogens is 12. The summed E-state index contributed by atoms with van der Waals surface area (Å²) in [4.78, 5) is 0. The first-order chi connectivity index (χ1) is 21.2. The molecule has 4 aromatic carbocycles. The van der Waals surface area contributed by atoms with Crippen molar-refractivity contribution in [2.24, 2.45) is 0 Å². The van der Waals surface area contributed by atoms with Crippen molar-refractivity contribution in [3.8, 4) is 0 Å². The Morgan fingerprint density at radius 3 is 0.800 bits per heavy atom. The van der Waals surface area contributed by atoms with Crippen LogP contribution in [0.15, 0.2) is 50.6 Å². The van der Waals surface area contributed by atoms with Gasteiger partial charge in [0.05, 0.1) is 16.7 Å². The first kappa shape index (κ1) is 33.0. The lowest BCUT2D eigenvalue weighted by atomic mass is 9.12. The highest BCUT2D eigenvalue weighted by Gasteiger charge is 2.48. The zero-order valence-corrected chi connectivity index (χ0v) is 22.6. The molecule has 0 spiro atoms. The molecule has 0 aliphatic heterocycles. The summed E-state index contributed by atoms with van der Waals surface area (Å²) in [6.45, 7) is 12.4. The molecule has 0 fully saturated rings. The molecule has 0 aliphatic rings. The third kappa shape index (κ3) is 4.51. The largest absolute Gasteiger partial charge is 0.207 e. The maximum absolute atomic E-state index is 16.1. The van der Waals surface area contributed by atoms with E-state index in [1.807, 2.05) is 0 Å². The molecule has 0 amide bonds. The Balaban J connectivity index is 2.58. The molecule has 45 heavy (non-hydrogen) atoms. The quantitative estimate of drug-likeness (QED) is 0.108. The lowest BCUT2D eigenvalue weighted by Crippen LogP contribution is -2.79. The smallest absolute Gasteiger partial charge is 0.165 e. The second-order valence-corrected chi connectivity index (χ2v) is 9.60. The summed E-state index contributed by atoms with van der Waals surface area (Å²) in [7, 11) is 0. The van der Waals surface area contributed by atoms with Crippen LogP contribution in [0.25, 0.3) is 24.3 Å². The molecule has 4 rings (SSSR count). The van der Waals surface area contributed by atoms with Gasteiger partial charge in [0.15, 0.2) is 34.9 Å². The Bertz CT molecular complexity index is 1670. The standard InChI is InChI=1S/C32H16BF12/c1-5-13-9-11-14(12-10-13)33(18-27(40)21(34)15(6-2)22(35)28(18)41,19-29(42)23(36)16(7-3)24(37)30(19)43)20-31(44)25(38)17(8-4)26(39)32(20)45/h5-12H,1-4H2/q-1. The van der Waals surface area contributed by atoms with Crippen LogP contribution in [0.1, 0.15) is 22.3 Å². The molecule has 4 aromatic rings. The van der Waals surface area contributed by atoms with Gasteiger partial charge in [-0.05, 0) is 5.56 Å². The van der Waals surface area contributed by atoms with Crippen LogP contribution in [0, 0.1) is 69.8 Å². The Hall–Kier alpha value is -4.94. The van der Waals surface area contributed by atoms with E-state index in [0.717, 1.165) is 18.2 Å². The summed E-state index contributed by atoms with van der Waals surface area (Å²) in [5.41, 5.74) is -12.4. The van der Waals surface area contributed by atoms with Gasteiger partial charge in [0.1, 0.15) is 41.0 Å². The summed E-state index contributed by atoms with van der Waals surface area (Å²) in [6.07, 6.45) is -3.45. The Morgan fingerprint density at radius 1 is 0.356 bits per heavy atom. The topological polar surface area (TPSA) is 0 Å². The van der Waals surface area contributed by atoms with E-state index in [-0.39, 0.29) is 23.8 Å². The van der Waals surface area contributed by atoms with Gasteiger partial charge >= 0.3 is 0 Å². The summed E-state index contributed by atoms with van der Waals surface area (Å²) in [6, 6.07) is 3.17. The highest BCUT2D eigenvalue weighted by molar-refractivity contribution is 7.20. The zero-order valence-electron chi connectivity index (χ0n) is 22.6. The van der Waals surface area contributed by atoms with Crippen LogP contribution in [-0.4, -0.2) is 6.15 Å². The van der Waals surface area contributed by atoms with Crippen LogP contribution >= 0.6 is 0 Å². The Morgan fingerprint density at radius 2 is 0.600 bits per heavy atom. The molecule has 0 N–H and O–H groups in total. The lowest BCUT2D eigenvalue weighted by molar-refractivity contribution is 0.453. The van der Waals surface area contributed by atoms with Crippen molar-refractivity contribution < 1.29 is 52.7 Å². The van der Waals surface area contributed by atoms with E-state index < -0.39 is 114 Å². The first-order valence-corrected chi connectivity index (χ1v) is 12.5. The molecule has 0 nitrogen and oxygen atoms in total. The predicted molar refractivity (Wildman–Crippen MR) is 150 cm³/mol. The van der Waals surface area contributed by atoms with E-state index in [1.165, 1.54) is 0 Å². The fourth-order valence-corrected chi connectivity index (χ4v) is 5.53. The fourth-order valence-electron chi connectivity index (χ4n) is 5.53. The molecular weight excluding hydrogens is 623 g/mol. The highest BCUT2D eigenvalue weighted by Crippen LogP contribution is 2.30. The van der Waals surface area contributed by atoms with Gasteiger partial charge in [0.25, 0.3) is 0 Å². The lowest BCUT2D eigenvalue weighted by Gasteiger charge is -2.45. The molecule has 0 aromatic heterocycles. The maximum atomic E-state index is 16.1. The minimum Gasteiger partial charge on any atom is -0.207 e. The summed E-state index contributed by atoms with van der Waals surface area (Å²) < 4.78 is 188. The number of benzene rings is 4. The van der Waals surface area contributed by atoms with E-state index >= 15 is 52.7 Å². The van der Waals surface area contributed by atoms with Crippen LogP contribution in [-0.2, 0) is 0 Å². The van der Waals surface area contributed by atoms with Crippen LogP contribution in [0.5, 0.6) is 0 Å². The van der Waals surface area contributed by atoms with E-state index in [2.05, 4.69) is 26.3 Å². The molecule has 0 saturated heterocycles. The van der Waals surface area contributed by atoms with Crippen molar-refractivity contribution in [2.45, 2.75) is 0 Å². The van der Waals surface area contributed by atoms with Crippen molar-refractivity contribution in [2.75, 3.05) is 0 Å². The van der Waals surface area contributed by atoms with Gasteiger partial charge in [-0.15, -0.1) is 16.4 Å². The van der Waals surface area contributed by atoms with Gasteiger partial charge < -0.3 is 0 Å². The first-order valence-electron chi connectivity index (χ1n) is 12.5. The summed E-state index contributed by atoms with van der Waals surface area (Å²) in [5.74, 6) is -29.7. The van der Waals surface area contributed by atoms with Gasteiger partial charge in [-0.25, -0.2) is 52.7 Å². The minimum atomic E-state index is -5.39. The van der Waals surface area contributed by atoms with Crippen LogP contribution in [0.2, 0.25) is 0 Å². The zero-order chi connectivity index (χ0) is 33.7. The monoisotopic (exact) mass is 639 g/mol. The molecule has 0 atom stereocenters. The van der Waals surface area contributed by atoms with E-state index in [9.17, 15) is 0 Å². The van der Waals surface area contributed by atoms with E-state index in [4.69, 9.17) is 0 Å². The average molecular weight is 639 g/mol. The Labute approximate surface area is 247 Å². The third-order valence-electron chi connectivity index (χ3n) is 7.58. The molecule has 0 heterocycles. The second kappa shape index (κ2) is 11.9. The van der Waals surface area contributed by atoms with Crippen molar-refractivity contribution in [3.05, 3.63) is 143 Å². The Kier molecular flexibility index (Phi) is 8.69. The molecule has 13 heteroatoms. The van der Waals surface area contributed by atoms with Gasteiger partial charge in [-0.3, -0.25) is 0 Å². The molecule has 0 radical (unpaired) electrons. The van der Waals surface area contributed by atoms with Crippen molar-refractivity contribution in [1.29, 1.82) is 0 Å². The second-order valence-electron chi connectivity index (χ2n) is 9.60. The third-order valence-corrected chi connectivity index (χ3v) is 7.58. The van der Waals surface area contributed by atoms with Crippen molar-refractivity contribution >= 4 is 52.3 Å². The summed E-state index contributed by atoms with van der Waals surface area (Å²) >= 11 is 0. The van der Waals surface area contributed by atoms with Crippen molar-refractivity contribution in [1.82, 2.24) is 0 Å². The van der Waals surface area contributed by atoms with Gasteiger partial charge in [0, 0.05) is 0 Å². The normalized spacial score (nSPS) is 11.5. The predicted octanol–water partition coefficient (Wildman–Crippen LogP) is 7.31. The van der Waals surface area contributed by atoms with Gasteiger partial charge in [0.2, 0.25) is 0 Å². The summed E-state index contributed by atoms with van der Waals surface area (Å²) in [5, 5.41) is 0. The number of rotatable bonds is 8. The SMILES string of the molecule is C=Cc1ccc([B-](c2c(F)c(F)c(C=C)c(F)c2F)(c2c(F)c(F)c(C=C)c(F)c2F)c2c(F)c(F)c(C=C)c(F)c2F)cc1. The average Bonchev–Trinajstić information content (AvgIpc) is 3.02. The molecule has 232 valence electrons. The number of hydrogen-bond donors (Lipinski definition) is 0. The van der Waals surface area contributed by atoms with E-state index in [0.29, 0.717) is 12.1 Å². The van der Waals surface area contributed by atoms with Gasteiger partial charge in [-0.2, -0.15) is 5.46 Å². The van der Waals surface area contributed by atoms with E-state index in [1.54, 1.807) is 0 Å². The fraction of sp³-hybridized carbons (Fsp3) is 0. The minimum absolute atomic E-state index is 0.115. The number of hydrogen-bond acceptors (Lipinski definition) is 0. The molecule has 0 unspecified atom stereocenters. The maximum Gasteiger partial charge on any atom is 0.165 e. The van der Waals surface area contributed by atoms with Crippen LogP contribution < -0.4 is 21.9 Å². The van der Waals surface area contributed by atoms with Crippen LogP contribution in [0.3, 0.4) is 0 Å². The van der Waals surface area contributed by atoms with Gasteiger partial charge in [-0.1, -0.05) is 74.9 Å². The molecular formula is C32H16BF12-. The molecule has 0 bridgehead atoms. The molecule has 0 saturated carbocycles. The van der Waals surface area contributed by atoms with Crippen LogP contribution in [0.4, 0.5) is 52.7 Å². The highest BCUT2D eigenvalue weighted by atomic mass is 19.2. The molecule has 0 aliphatic carbocycles. The van der Waals surface area contributed by atoms with Crippen molar-refractivity contribution in [3.63, 3.8) is 0 Å².